The molecule has 2 aromatic rings. The highest BCUT2D eigenvalue weighted by molar-refractivity contribution is 7.89. The Bertz CT molecular complexity index is 946. The van der Waals surface area contributed by atoms with Crippen LogP contribution in [0.25, 0.3) is 6.08 Å². The summed E-state index contributed by atoms with van der Waals surface area (Å²) >= 11 is 0. The Kier molecular flexibility index (Phi) is 4.94. The summed E-state index contributed by atoms with van der Waals surface area (Å²) in [6.45, 7) is 1.78. The second-order valence-electron chi connectivity index (χ2n) is 6.29. The molecule has 1 N–H and O–H groups in total. The Morgan fingerprint density at radius 1 is 1.04 bits per heavy atom. The van der Waals surface area contributed by atoms with Gasteiger partial charge in [0.25, 0.3) is 0 Å². The number of allylic oxidation sites excluding steroid dienone is 1. The molecule has 0 spiro atoms. The van der Waals surface area contributed by atoms with E-state index in [4.69, 9.17) is 0 Å². The molecule has 138 valence electrons. The van der Waals surface area contributed by atoms with E-state index >= 15 is 0 Å². The molecule has 0 amide bonds. The van der Waals surface area contributed by atoms with Crippen LogP contribution < -0.4 is 4.72 Å². The Labute approximate surface area is 150 Å². The molecule has 0 radical (unpaired) electrons. The first-order chi connectivity index (χ1) is 12.2. The minimum absolute atomic E-state index is 0.0605. The lowest BCUT2D eigenvalue weighted by Crippen LogP contribution is -2.24. The first kappa shape index (κ1) is 18.7. The maximum absolute atomic E-state index is 13.0. The minimum atomic E-state index is -4.37. The molecular formula is C19H18F3NO2S. The lowest BCUT2D eigenvalue weighted by atomic mass is 9.89. The maximum atomic E-state index is 13.0. The Balaban J connectivity index is 1.86. The third-order valence-corrected chi connectivity index (χ3v) is 5.83. The number of aryl methyl sites for hydroxylation is 2. The van der Waals surface area contributed by atoms with Crippen molar-refractivity contribution in [2.24, 2.45) is 0 Å². The number of sulfonamides is 1. The SMILES string of the molecule is Cc1ccc(S(=O)(=O)NCc2cccc3c2C=C(C(F)(F)F)CC3)cc1. The van der Waals surface area contributed by atoms with Crippen LogP contribution in [0.5, 0.6) is 0 Å². The molecule has 1 aliphatic carbocycles. The first-order valence-electron chi connectivity index (χ1n) is 8.12. The predicted octanol–water partition coefficient (Wildman–Crippen LogP) is 4.37. The summed E-state index contributed by atoms with van der Waals surface area (Å²) in [5.41, 5.74) is 2.13. The number of hydrogen-bond acceptors (Lipinski definition) is 2. The van der Waals surface area contributed by atoms with E-state index in [0.717, 1.165) is 17.2 Å². The zero-order valence-corrected chi connectivity index (χ0v) is 14.9. The number of benzene rings is 2. The van der Waals surface area contributed by atoms with Gasteiger partial charge in [0.2, 0.25) is 10.0 Å². The van der Waals surface area contributed by atoms with Crippen molar-refractivity contribution >= 4 is 16.1 Å². The summed E-state index contributed by atoms with van der Waals surface area (Å²) in [6.07, 6.45) is -3.01. The van der Waals surface area contributed by atoms with Gasteiger partial charge >= 0.3 is 6.18 Å². The topological polar surface area (TPSA) is 46.2 Å². The van der Waals surface area contributed by atoms with Gasteiger partial charge in [-0.2, -0.15) is 13.2 Å². The van der Waals surface area contributed by atoms with Crippen LogP contribution >= 0.6 is 0 Å². The second-order valence-corrected chi connectivity index (χ2v) is 8.06. The number of alkyl halides is 3. The molecule has 0 aliphatic heterocycles. The molecule has 0 heterocycles. The van der Waals surface area contributed by atoms with Gasteiger partial charge in [-0.15, -0.1) is 0 Å². The average molecular weight is 381 g/mol. The fraction of sp³-hybridized carbons (Fsp3) is 0.263. The molecule has 0 unspecified atom stereocenters. The van der Waals surface area contributed by atoms with Gasteiger partial charge in [0.1, 0.15) is 0 Å². The normalized spacial score (nSPS) is 14.7. The highest BCUT2D eigenvalue weighted by Crippen LogP contribution is 2.36. The molecule has 1 aliphatic rings. The van der Waals surface area contributed by atoms with Gasteiger partial charge in [-0.05, 0) is 54.7 Å². The number of halogens is 3. The van der Waals surface area contributed by atoms with Crippen LogP contribution in [0, 0.1) is 6.92 Å². The summed E-state index contributed by atoms with van der Waals surface area (Å²) in [5, 5.41) is 0. The highest BCUT2D eigenvalue weighted by Gasteiger charge is 2.35. The van der Waals surface area contributed by atoms with Gasteiger partial charge < -0.3 is 0 Å². The van der Waals surface area contributed by atoms with E-state index in [-0.39, 0.29) is 17.9 Å². The van der Waals surface area contributed by atoms with E-state index in [1.54, 1.807) is 30.3 Å². The molecule has 7 heteroatoms. The largest absolute Gasteiger partial charge is 0.412 e. The number of nitrogens with one attached hydrogen (secondary N) is 1. The van der Waals surface area contributed by atoms with Gasteiger partial charge in [0, 0.05) is 12.1 Å². The van der Waals surface area contributed by atoms with Crippen LogP contribution in [0.3, 0.4) is 0 Å². The van der Waals surface area contributed by atoms with Crippen molar-refractivity contribution in [3.63, 3.8) is 0 Å². The maximum Gasteiger partial charge on any atom is 0.412 e. The van der Waals surface area contributed by atoms with E-state index in [1.165, 1.54) is 12.1 Å². The van der Waals surface area contributed by atoms with E-state index in [1.807, 2.05) is 6.92 Å². The van der Waals surface area contributed by atoms with Crippen molar-refractivity contribution < 1.29 is 21.6 Å². The van der Waals surface area contributed by atoms with Crippen molar-refractivity contribution in [1.29, 1.82) is 0 Å². The van der Waals surface area contributed by atoms with Crippen molar-refractivity contribution in [2.75, 3.05) is 0 Å². The Morgan fingerprint density at radius 3 is 2.38 bits per heavy atom. The van der Waals surface area contributed by atoms with Crippen LogP contribution in [0.2, 0.25) is 0 Å². The molecule has 2 aromatic carbocycles. The molecule has 0 atom stereocenters. The standard InChI is InChI=1S/C19H18F3NO2S/c1-13-5-9-17(10-6-13)26(24,25)23-12-15-4-2-3-14-7-8-16(11-18(14)15)19(20,21)22/h2-6,9-11,23H,7-8,12H2,1H3. The van der Waals surface area contributed by atoms with Crippen molar-refractivity contribution in [3.8, 4) is 0 Å². The van der Waals surface area contributed by atoms with Gasteiger partial charge in [0.15, 0.2) is 0 Å². The summed E-state index contributed by atoms with van der Waals surface area (Å²) in [4.78, 5) is 0.124. The van der Waals surface area contributed by atoms with Crippen LogP contribution in [0.15, 0.2) is 52.9 Å². The predicted molar refractivity (Wildman–Crippen MR) is 94.0 cm³/mol. The van der Waals surface area contributed by atoms with Gasteiger partial charge in [-0.3, -0.25) is 0 Å². The quantitative estimate of drug-likeness (QED) is 0.855. The summed E-state index contributed by atoms with van der Waals surface area (Å²) in [6, 6.07) is 11.5. The second kappa shape index (κ2) is 6.89. The van der Waals surface area contributed by atoms with E-state index < -0.39 is 21.8 Å². The molecule has 3 rings (SSSR count). The van der Waals surface area contributed by atoms with Crippen molar-refractivity contribution in [3.05, 3.63) is 70.3 Å². The van der Waals surface area contributed by atoms with Crippen LogP contribution in [-0.4, -0.2) is 14.6 Å². The number of hydrogen-bond donors (Lipinski definition) is 1. The molecule has 0 fully saturated rings. The molecule has 0 bridgehead atoms. The molecule has 0 aromatic heterocycles. The minimum Gasteiger partial charge on any atom is -0.207 e. The van der Waals surface area contributed by atoms with E-state index in [0.29, 0.717) is 17.5 Å². The molecule has 0 saturated heterocycles. The van der Waals surface area contributed by atoms with Crippen LogP contribution in [0.4, 0.5) is 13.2 Å². The zero-order valence-electron chi connectivity index (χ0n) is 14.1. The third kappa shape index (κ3) is 3.99. The summed E-state index contributed by atoms with van der Waals surface area (Å²) in [5.74, 6) is 0. The number of fused-ring (bicyclic) bond motifs is 1. The number of rotatable bonds is 4. The summed E-state index contributed by atoms with van der Waals surface area (Å²) in [7, 11) is -3.74. The zero-order chi connectivity index (χ0) is 18.9. The fourth-order valence-electron chi connectivity index (χ4n) is 2.94. The van der Waals surface area contributed by atoms with E-state index in [9.17, 15) is 21.6 Å². The van der Waals surface area contributed by atoms with Crippen molar-refractivity contribution in [1.82, 2.24) is 4.72 Å². The van der Waals surface area contributed by atoms with Crippen LogP contribution in [0.1, 0.15) is 28.7 Å². The Hall–Kier alpha value is -2.12. The fourth-order valence-corrected chi connectivity index (χ4v) is 3.94. The molecule has 26 heavy (non-hydrogen) atoms. The van der Waals surface area contributed by atoms with Crippen molar-refractivity contribution in [2.45, 2.75) is 37.4 Å². The molecule has 3 nitrogen and oxygen atoms in total. The smallest absolute Gasteiger partial charge is 0.207 e. The Morgan fingerprint density at radius 2 is 1.73 bits per heavy atom. The average Bonchev–Trinajstić information content (AvgIpc) is 2.59. The molecule has 0 saturated carbocycles. The first-order valence-corrected chi connectivity index (χ1v) is 9.60. The highest BCUT2D eigenvalue weighted by atomic mass is 32.2. The van der Waals surface area contributed by atoms with Gasteiger partial charge in [-0.1, -0.05) is 35.9 Å². The van der Waals surface area contributed by atoms with E-state index in [2.05, 4.69) is 4.72 Å². The lowest BCUT2D eigenvalue weighted by Gasteiger charge is -2.21. The molecular weight excluding hydrogens is 363 g/mol. The monoisotopic (exact) mass is 381 g/mol. The third-order valence-electron chi connectivity index (χ3n) is 4.42. The van der Waals surface area contributed by atoms with Gasteiger partial charge in [-0.25, -0.2) is 13.1 Å². The van der Waals surface area contributed by atoms with Gasteiger partial charge in [0.05, 0.1) is 4.90 Å². The lowest BCUT2D eigenvalue weighted by molar-refractivity contribution is -0.0931. The van der Waals surface area contributed by atoms with Crippen LogP contribution in [-0.2, 0) is 23.0 Å². The summed E-state index contributed by atoms with van der Waals surface area (Å²) < 4.78 is 66.3.